The maximum Gasteiger partial charge on any atom is 0.255 e. The second-order valence-electron chi connectivity index (χ2n) is 5.74. The molecule has 2 aromatic carbocycles. The Morgan fingerprint density at radius 1 is 0.957 bits per heavy atom. The highest BCUT2D eigenvalue weighted by Crippen LogP contribution is 2.26. The first kappa shape index (κ1) is 15.3. The van der Waals surface area contributed by atoms with E-state index in [1.807, 2.05) is 35.2 Å². The third kappa shape index (κ3) is 3.26. The van der Waals surface area contributed by atoms with Gasteiger partial charge in [0.25, 0.3) is 5.91 Å². The zero-order valence-corrected chi connectivity index (χ0v) is 12.9. The SMILES string of the molecule is NC(=O)c1[c]c(C(=O)N2CCCCC2)c(-c2ccccc2)cc1. The summed E-state index contributed by atoms with van der Waals surface area (Å²) < 4.78 is 0. The predicted octanol–water partition coefficient (Wildman–Crippen LogP) is 2.88. The highest BCUT2D eigenvalue weighted by atomic mass is 16.2. The molecule has 23 heavy (non-hydrogen) atoms. The van der Waals surface area contributed by atoms with Crippen LogP contribution in [0.4, 0.5) is 0 Å². The lowest BCUT2D eigenvalue weighted by molar-refractivity contribution is 0.0725. The minimum Gasteiger partial charge on any atom is -0.366 e. The molecular formula is C19H19N2O2. The molecule has 1 fully saturated rings. The largest absolute Gasteiger partial charge is 0.366 e. The second-order valence-corrected chi connectivity index (χ2v) is 5.74. The van der Waals surface area contributed by atoms with E-state index in [9.17, 15) is 9.59 Å². The lowest BCUT2D eigenvalue weighted by Crippen LogP contribution is -2.36. The Labute approximate surface area is 135 Å². The quantitative estimate of drug-likeness (QED) is 0.947. The maximum atomic E-state index is 12.9. The summed E-state index contributed by atoms with van der Waals surface area (Å²) in [5.41, 5.74) is 7.74. The van der Waals surface area contributed by atoms with E-state index in [2.05, 4.69) is 6.07 Å². The zero-order chi connectivity index (χ0) is 16.2. The van der Waals surface area contributed by atoms with Crippen LogP contribution in [0.5, 0.6) is 0 Å². The molecule has 2 aromatic rings. The summed E-state index contributed by atoms with van der Waals surface area (Å²) in [5, 5.41) is 0. The van der Waals surface area contributed by atoms with E-state index >= 15 is 0 Å². The van der Waals surface area contributed by atoms with Crippen LogP contribution in [0.3, 0.4) is 0 Å². The summed E-state index contributed by atoms with van der Waals surface area (Å²) in [6.07, 6.45) is 3.18. The summed E-state index contributed by atoms with van der Waals surface area (Å²) in [5.74, 6) is -0.649. The number of nitrogens with zero attached hydrogens (tertiary/aromatic N) is 1. The van der Waals surface area contributed by atoms with Crippen molar-refractivity contribution in [1.29, 1.82) is 0 Å². The van der Waals surface area contributed by atoms with Crippen LogP contribution in [0.2, 0.25) is 0 Å². The molecule has 0 atom stereocenters. The third-order valence-electron chi connectivity index (χ3n) is 4.15. The molecule has 0 aromatic heterocycles. The number of likely N-dealkylation sites (tertiary alicyclic amines) is 1. The van der Waals surface area contributed by atoms with Crippen LogP contribution < -0.4 is 5.73 Å². The van der Waals surface area contributed by atoms with Gasteiger partial charge in [0.05, 0.1) is 5.56 Å². The first-order valence-electron chi connectivity index (χ1n) is 7.87. The second kappa shape index (κ2) is 6.65. The van der Waals surface area contributed by atoms with Crippen molar-refractivity contribution in [1.82, 2.24) is 4.90 Å². The van der Waals surface area contributed by atoms with E-state index in [-0.39, 0.29) is 11.5 Å². The van der Waals surface area contributed by atoms with Crippen molar-refractivity contribution in [3.05, 3.63) is 59.7 Å². The van der Waals surface area contributed by atoms with Gasteiger partial charge in [-0.15, -0.1) is 0 Å². The van der Waals surface area contributed by atoms with Gasteiger partial charge in [0.1, 0.15) is 0 Å². The average Bonchev–Trinajstić information content (AvgIpc) is 2.62. The van der Waals surface area contributed by atoms with E-state index in [4.69, 9.17) is 5.73 Å². The Balaban J connectivity index is 2.05. The fourth-order valence-electron chi connectivity index (χ4n) is 2.92. The van der Waals surface area contributed by atoms with Crippen LogP contribution in [0.15, 0.2) is 42.5 Å². The van der Waals surface area contributed by atoms with Gasteiger partial charge in [-0.1, -0.05) is 36.4 Å². The standard InChI is InChI=1S/C19H19N2O2/c20-18(22)15-9-10-16(14-7-3-1-4-8-14)17(13-15)19(23)21-11-5-2-6-12-21/h1,3-4,7-10H,2,5-6,11-12H2,(H2,20,22). The van der Waals surface area contributed by atoms with Crippen LogP contribution >= 0.6 is 0 Å². The highest BCUT2D eigenvalue weighted by Gasteiger charge is 2.22. The summed E-state index contributed by atoms with van der Waals surface area (Å²) >= 11 is 0. The number of benzene rings is 2. The molecule has 4 nitrogen and oxygen atoms in total. The van der Waals surface area contributed by atoms with Gasteiger partial charge < -0.3 is 10.6 Å². The molecule has 1 heterocycles. The molecule has 2 amide bonds. The molecule has 2 N–H and O–H groups in total. The lowest BCUT2D eigenvalue weighted by Gasteiger charge is -2.27. The van der Waals surface area contributed by atoms with Gasteiger partial charge >= 0.3 is 0 Å². The molecule has 1 aliphatic rings. The molecule has 117 valence electrons. The molecule has 1 aliphatic heterocycles. The van der Waals surface area contributed by atoms with Gasteiger partial charge in [-0.3, -0.25) is 9.59 Å². The number of piperidine rings is 1. The Bertz CT molecular complexity index is 719. The van der Waals surface area contributed by atoms with Crippen molar-refractivity contribution in [2.24, 2.45) is 5.73 Å². The lowest BCUT2D eigenvalue weighted by atomic mass is 9.96. The molecule has 1 radical (unpaired) electrons. The predicted molar refractivity (Wildman–Crippen MR) is 89.0 cm³/mol. The topological polar surface area (TPSA) is 63.4 Å². The van der Waals surface area contributed by atoms with Gasteiger partial charge in [0.15, 0.2) is 0 Å². The fourth-order valence-corrected chi connectivity index (χ4v) is 2.92. The van der Waals surface area contributed by atoms with Crippen molar-refractivity contribution in [3.63, 3.8) is 0 Å². The fraction of sp³-hybridized carbons (Fsp3) is 0.263. The summed E-state index contributed by atoms with van der Waals surface area (Å²) in [4.78, 5) is 26.2. The Morgan fingerprint density at radius 2 is 1.65 bits per heavy atom. The Hall–Kier alpha value is -2.62. The van der Waals surface area contributed by atoms with Gasteiger partial charge in [-0.25, -0.2) is 0 Å². The molecule has 0 aliphatic carbocycles. The molecule has 4 heteroatoms. The first-order chi connectivity index (χ1) is 11.2. The van der Waals surface area contributed by atoms with Crippen LogP contribution in [0.1, 0.15) is 40.0 Å². The number of rotatable bonds is 3. The molecule has 0 unspecified atom stereocenters. The van der Waals surface area contributed by atoms with Crippen LogP contribution in [0, 0.1) is 6.07 Å². The van der Waals surface area contributed by atoms with Crippen LogP contribution in [-0.2, 0) is 0 Å². The van der Waals surface area contributed by atoms with Crippen molar-refractivity contribution in [3.8, 4) is 11.1 Å². The van der Waals surface area contributed by atoms with Gasteiger partial charge in [0, 0.05) is 24.7 Å². The number of hydrogen-bond donors (Lipinski definition) is 1. The summed E-state index contributed by atoms with van der Waals surface area (Å²) in [6.45, 7) is 1.50. The third-order valence-corrected chi connectivity index (χ3v) is 4.15. The molecule has 1 saturated heterocycles. The Kier molecular flexibility index (Phi) is 4.42. The molecule has 0 bridgehead atoms. The summed E-state index contributed by atoms with van der Waals surface area (Å²) in [7, 11) is 0. The van der Waals surface area contributed by atoms with Gasteiger partial charge in [-0.05, 0) is 36.5 Å². The van der Waals surface area contributed by atoms with Crippen molar-refractivity contribution >= 4 is 11.8 Å². The van der Waals surface area contributed by atoms with Crippen LogP contribution in [0.25, 0.3) is 11.1 Å². The average molecular weight is 307 g/mol. The van der Waals surface area contributed by atoms with E-state index in [1.54, 1.807) is 12.1 Å². The number of nitrogens with two attached hydrogens (primary N) is 1. The molecule has 3 rings (SSSR count). The van der Waals surface area contributed by atoms with Crippen molar-refractivity contribution in [2.75, 3.05) is 13.1 Å². The van der Waals surface area contributed by atoms with Crippen LogP contribution in [-0.4, -0.2) is 29.8 Å². The molecule has 0 spiro atoms. The number of amides is 2. The smallest absolute Gasteiger partial charge is 0.255 e. The number of carbonyl (C=O) groups excluding carboxylic acids is 2. The highest BCUT2D eigenvalue weighted by molar-refractivity contribution is 6.03. The number of hydrogen-bond acceptors (Lipinski definition) is 2. The van der Waals surface area contributed by atoms with E-state index < -0.39 is 5.91 Å². The minimum atomic E-state index is -0.572. The van der Waals surface area contributed by atoms with E-state index in [0.717, 1.165) is 43.5 Å². The minimum absolute atomic E-state index is 0.0772. The molecule has 0 saturated carbocycles. The number of primary amides is 1. The van der Waals surface area contributed by atoms with E-state index in [1.165, 1.54) is 0 Å². The van der Waals surface area contributed by atoms with Gasteiger partial charge in [0.2, 0.25) is 5.91 Å². The normalized spacial score (nSPS) is 14.5. The molecular weight excluding hydrogens is 288 g/mol. The van der Waals surface area contributed by atoms with Gasteiger partial charge in [-0.2, -0.15) is 0 Å². The number of carbonyl (C=O) groups is 2. The maximum absolute atomic E-state index is 12.9. The Morgan fingerprint density at radius 3 is 2.30 bits per heavy atom. The monoisotopic (exact) mass is 307 g/mol. The summed E-state index contributed by atoms with van der Waals surface area (Å²) in [6, 6.07) is 16.0. The van der Waals surface area contributed by atoms with Crippen molar-refractivity contribution in [2.45, 2.75) is 19.3 Å². The first-order valence-corrected chi connectivity index (χ1v) is 7.87. The van der Waals surface area contributed by atoms with Crippen molar-refractivity contribution < 1.29 is 9.59 Å². The zero-order valence-electron chi connectivity index (χ0n) is 12.9. The van der Waals surface area contributed by atoms with E-state index in [0.29, 0.717) is 5.56 Å².